The van der Waals surface area contributed by atoms with Crippen molar-refractivity contribution in [2.75, 3.05) is 0 Å². The Morgan fingerprint density at radius 2 is 2.25 bits per heavy atom. The molecule has 0 saturated carbocycles. The first kappa shape index (κ1) is 7.49. The van der Waals surface area contributed by atoms with Crippen LogP contribution < -0.4 is 10.5 Å². The number of thioether (sulfide) groups is 1. The first-order valence-electron chi connectivity index (χ1n) is 3.49. The monoisotopic (exact) mass is 181 g/mol. The molecule has 62 valence electrons. The van der Waals surface area contributed by atoms with Crippen LogP contribution in [0, 0.1) is 0 Å². The van der Waals surface area contributed by atoms with E-state index in [9.17, 15) is 4.79 Å². The number of carbonyl (C=O) groups is 1. The zero-order valence-corrected chi connectivity index (χ0v) is 7.01. The van der Waals surface area contributed by atoms with Gasteiger partial charge in [-0.3, -0.25) is 4.79 Å². The summed E-state index contributed by atoms with van der Waals surface area (Å²) < 4.78 is 5.26. The van der Waals surface area contributed by atoms with Crippen LogP contribution in [0.1, 0.15) is 0 Å². The van der Waals surface area contributed by atoms with Gasteiger partial charge in [0.2, 0.25) is 5.44 Å². The summed E-state index contributed by atoms with van der Waals surface area (Å²) in [5.74, 6) is 0.308. The molecule has 0 fully saturated rings. The molecule has 0 saturated heterocycles. The van der Waals surface area contributed by atoms with E-state index in [0.29, 0.717) is 0 Å². The van der Waals surface area contributed by atoms with E-state index >= 15 is 0 Å². The molecule has 12 heavy (non-hydrogen) atoms. The molecule has 1 aromatic rings. The fourth-order valence-electron chi connectivity index (χ4n) is 1.02. The lowest BCUT2D eigenvalue weighted by molar-refractivity contribution is -0.121. The molecule has 1 amide bonds. The number of ether oxygens (including phenoxy) is 1. The summed E-state index contributed by atoms with van der Waals surface area (Å²) in [4.78, 5) is 11.7. The largest absolute Gasteiger partial charge is 0.468 e. The zero-order valence-electron chi connectivity index (χ0n) is 6.19. The molecular formula is C8H7NO2S. The van der Waals surface area contributed by atoms with E-state index in [1.807, 2.05) is 24.3 Å². The number of nitrogens with two attached hydrogens (primary N) is 1. The van der Waals surface area contributed by atoms with E-state index in [1.54, 1.807) is 0 Å². The highest BCUT2D eigenvalue weighted by Crippen LogP contribution is 2.39. The number of primary amides is 1. The van der Waals surface area contributed by atoms with E-state index < -0.39 is 11.3 Å². The quantitative estimate of drug-likeness (QED) is 0.702. The predicted molar refractivity (Wildman–Crippen MR) is 45.9 cm³/mol. The Balaban J connectivity index is 2.27. The van der Waals surface area contributed by atoms with E-state index in [2.05, 4.69) is 0 Å². The number of para-hydroxylation sites is 1. The second kappa shape index (κ2) is 2.71. The van der Waals surface area contributed by atoms with Crippen LogP contribution in [0.3, 0.4) is 0 Å². The van der Waals surface area contributed by atoms with Crippen molar-refractivity contribution in [3.8, 4) is 5.75 Å². The molecule has 1 atom stereocenters. The third-order valence-electron chi connectivity index (χ3n) is 1.55. The molecular weight excluding hydrogens is 174 g/mol. The van der Waals surface area contributed by atoms with Gasteiger partial charge in [-0.05, 0) is 12.1 Å². The Hall–Kier alpha value is -1.16. The highest BCUT2D eigenvalue weighted by atomic mass is 32.2. The van der Waals surface area contributed by atoms with E-state index in [0.717, 1.165) is 10.6 Å². The van der Waals surface area contributed by atoms with Crippen molar-refractivity contribution in [2.24, 2.45) is 5.73 Å². The molecule has 2 rings (SSSR count). The molecule has 1 heterocycles. The Labute approximate surface area is 73.9 Å². The first-order chi connectivity index (χ1) is 5.77. The highest BCUT2D eigenvalue weighted by molar-refractivity contribution is 8.00. The molecule has 0 spiro atoms. The van der Waals surface area contributed by atoms with Gasteiger partial charge in [0.1, 0.15) is 5.75 Å². The molecule has 3 nitrogen and oxygen atoms in total. The lowest BCUT2D eigenvalue weighted by Crippen LogP contribution is -2.28. The summed E-state index contributed by atoms with van der Waals surface area (Å²) >= 11 is 1.35. The molecule has 1 aliphatic rings. The smallest absolute Gasteiger partial charge is 0.269 e. The van der Waals surface area contributed by atoms with Gasteiger partial charge in [0.05, 0.1) is 4.90 Å². The van der Waals surface area contributed by atoms with E-state index in [4.69, 9.17) is 10.5 Å². The molecule has 0 aromatic heterocycles. The molecule has 1 aromatic carbocycles. The minimum atomic E-state index is -0.553. The van der Waals surface area contributed by atoms with Gasteiger partial charge < -0.3 is 10.5 Å². The topological polar surface area (TPSA) is 52.3 Å². The Morgan fingerprint density at radius 3 is 2.92 bits per heavy atom. The van der Waals surface area contributed by atoms with Crippen molar-refractivity contribution in [1.82, 2.24) is 0 Å². The number of amides is 1. The van der Waals surface area contributed by atoms with Crippen LogP contribution >= 0.6 is 11.8 Å². The maximum absolute atomic E-state index is 10.7. The summed E-state index contributed by atoms with van der Waals surface area (Å²) in [5.41, 5.74) is 4.54. The SMILES string of the molecule is NC(=O)C1Oc2ccccc2S1. The molecule has 2 N–H and O–H groups in total. The van der Waals surface area contributed by atoms with Gasteiger partial charge in [-0.15, -0.1) is 0 Å². The van der Waals surface area contributed by atoms with Crippen LogP contribution in [0.2, 0.25) is 0 Å². The fourth-order valence-corrected chi connectivity index (χ4v) is 1.90. The lowest BCUT2D eigenvalue weighted by Gasteiger charge is -2.02. The summed E-state index contributed by atoms with van der Waals surface area (Å²) in [7, 11) is 0. The number of hydrogen-bond donors (Lipinski definition) is 1. The second-order valence-corrected chi connectivity index (χ2v) is 3.52. The molecule has 1 unspecified atom stereocenters. The van der Waals surface area contributed by atoms with Gasteiger partial charge in [-0.1, -0.05) is 23.9 Å². The van der Waals surface area contributed by atoms with Gasteiger partial charge in [0.15, 0.2) is 0 Å². The number of hydrogen-bond acceptors (Lipinski definition) is 3. The van der Waals surface area contributed by atoms with Gasteiger partial charge in [0.25, 0.3) is 5.91 Å². The lowest BCUT2D eigenvalue weighted by atomic mass is 10.3. The maximum atomic E-state index is 10.7. The van der Waals surface area contributed by atoms with Crippen LogP contribution in [0.5, 0.6) is 5.75 Å². The minimum absolute atomic E-state index is 0.434. The summed E-state index contributed by atoms with van der Waals surface area (Å²) in [6.45, 7) is 0. The van der Waals surface area contributed by atoms with Crippen LogP contribution in [-0.4, -0.2) is 11.3 Å². The first-order valence-corrected chi connectivity index (χ1v) is 4.37. The van der Waals surface area contributed by atoms with Gasteiger partial charge in [-0.2, -0.15) is 0 Å². The third kappa shape index (κ3) is 1.14. The highest BCUT2D eigenvalue weighted by Gasteiger charge is 2.27. The average Bonchev–Trinajstić information content (AvgIpc) is 2.46. The van der Waals surface area contributed by atoms with Crippen molar-refractivity contribution in [3.63, 3.8) is 0 Å². The van der Waals surface area contributed by atoms with Crippen molar-refractivity contribution < 1.29 is 9.53 Å². The Morgan fingerprint density at radius 1 is 1.50 bits per heavy atom. The third-order valence-corrected chi connectivity index (χ3v) is 2.68. The van der Waals surface area contributed by atoms with Crippen LogP contribution in [0.4, 0.5) is 0 Å². The molecule has 4 heteroatoms. The summed E-state index contributed by atoms with van der Waals surface area (Å²) in [6.07, 6.45) is 0. The number of rotatable bonds is 1. The Kier molecular flexibility index (Phi) is 1.69. The van der Waals surface area contributed by atoms with Crippen molar-refractivity contribution in [3.05, 3.63) is 24.3 Å². The fraction of sp³-hybridized carbons (Fsp3) is 0.125. The van der Waals surface area contributed by atoms with Crippen molar-refractivity contribution >= 4 is 17.7 Å². The van der Waals surface area contributed by atoms with Crippen molar-refractivity contribution in [2.45, 2.75) is 10.3 Å². The van der Waals surface area contributed by atoms with Gasteiger partial charge >= 0.3 is 0 Å². The maximum Gasteiger partial charge on any atom is 0.269 e. The van der Waals surface area contributed by atoms with Crippen LogP contribution in [0.25, 0.3) is 0 Å². The van der Waals surface area contributed by atoms with E-state index in [-0.39, 0.29) is 0 Å². The predicted octanol–water partition coefficient (Wildman–Crippen LogP) is 0.982. The molecule has 0 aliphatic carbocycles. The molecule has 0 radical (unpaired) electrons. The number of fused-ring (bicyclic) bond motifs is 1. The number of benzene rings is 1. The van der Waals surface area contributed by atoms with Crippen LogP contribution in [0.15, 0.2) is 29.2 Å². The van der Waals surface area contributed by atoms with Gasteiger partial charge in [0, 0.05) is 0 Å². The Bertz CT molecular complexity index is 302. The zero-order chi connectivity index (χ0) is 8.55. The summed E-state index contributed by atoms with van der Waals surface area (Å²) in [5, 5.41) is 0. The van der Waals surface area contributed by atoms with E-state index in [1.165, 1.54) is 11.8 Å². The van der Waals surface area contributed by atoms with Gasteiger partial charge in [-0.25, -0.2) is 0 Å². The number of carbonyl (C=O) groups excluding carboxylic acids is 1. The standard InChI is InChI=1S/C8H7NO2S/c9-7(10)8-11-5-3-1-2-4-6(5)12-8/h1-4,8H,(H2,9,10). The minimum Gasteiger partial charge on any atom is -0.468 e. The molecule has 0 bridgehead atoms. The average molecular weight is 181 g/mol. The second-order valence-electron chi connectivity index (χ2n) is 2.42. The van der Waals surface area contributed by atoms with Crippen LogP contribution in [-0.2, 0) is 4.79 Å². The normalized spacial score (nSPS) is 19.8. The molecule has 1 aliphatic heterocycles. The van der Waals surface area contributed by atoms with Crippen molar-refractivity contribution in [1.29, 1.82) is 0 Å². The summed E-state index contributed by atoms with van der Waals surface area (Å²) in [6, 6.07) is 7.50.